The number of nitrogens with zero attached hydrogens (tertiary/aromatic N) is 4. The van der Waals surface area contributed by atoms with Crippen LogP contribution in [0.1, 0.15) is 73.2 Å². The summed E-state index contributed by atoms with van der Waals surface area (Å²) in [6.07, 6.45) is 9.94. The first-order valence-corrected chi connectivity index (χ1v) is 13.7. The second-order valence-corrected chi connectivity index (χ2v) is 11.6. The van der Waals surface area contributed by atoms with Gasteiger partial charge in [-0.2, -0.15) is 0 Å². The topological polar surface area (TPSA) is 122 Å². The molecule has 9 nitrogen and oxygen atoms in total. The molecule has 6 rings (SSSR count). The Labute approximate surface area is 221 Å². The Kier molecular flexibility index (Phi) is 6.04. The van der Waals surface area contributed by atoms with Crippen molar-refractivity contribution < 1.29 is 19.5 Å². The van der Waals surface area contributed by atoms with Crippen molar-refractivity contribution in [2.75, 3.05) is 31.7 Å². The van der Waals surface area contributed by atoms with Crippen molar-refractivity contribution in [3.8, 4) is 0 Å². The minimum Gasteiger partial charge on any atom is -0.481 e. The smallest absolute Gasteiger partial charge is 0.303 e. The molecule has 3 aliphatic rings. The van der Waals surface area contributed by atoms with Gasteiger partial charge in [0, 0.05) is 56.3 Å². The van der Waals surface area contributed by atoms with Gasteiger partial charge in [-0.15, -0.1) is 0 Å². The number of nitrogens with two attached hydrogens (primary N) is 1. The number of rotatable bonds is 5. The average Bonchev–Trinajstić information content (AvgIpc) is 3.38. The zero-order valence-electron chi connectivity index (χ0n) is 21.9. The van der Waals surface area contributed by atoms with E-state index in [0.717, 1.165) is 79.8 Å². The lowest BCUT2D eigenvalue weighted by atomic mass is 9.77. The highest BCUT2D eigenvalue weighted by atomic mass is 16.4. The number of amides is 2. The van der Waals surface area contributed by atoms with Crippen LogP contribution in [-0.4, -0.2) is 64.1 Å². The zero-order chi connectivity index (χ0) is 26.6. The Morgan fingerprint density at radius 1 is 1.11 bits per heavy atom. The summed E-state index contributed by atoms with van der Waals surface area (Å²) < 4.78 is 2.14. The van der Waals surface area contributed by atoms with Gasteiger partial charge >= 0.3 is 5.97 Å². The summed E-state index contributed by atoms with van der Waals surface area (Å²) in [6, 6.07) is 6.51. The lowest BCUT2D eigenvalue weighted by molar-refractivity contribution is -0.138. The summed E-state index contributed by atoms with van der Waals surface area (Å²) in [5, 5.41) is 13.3. The maximum atomic E-state index is 13.2. The maximum absolute atomic E-state index is 13.2. The molecule has 0 radical (unpaired) electrons. The van der Waals surface area contributed by atoms with E-state index in [1.165, 1.54) is 5.56 Å². The summed E-state index contributed by atoms with van der Waals surface area (Å²) in [4.78, 5) is 43.1. The van der Waals surface area contributed by atoms with Gasteiger partial charge in [-0.1, -0.05) is 12.1 Å². The molecule has 0 bridgehead atoms. The molecule has 3 N–H and O–H groups in total. The first-order valence-electron chi connectivity index (χ1n) is 13.7. The summed E-state index contributed by atoms with van der Waals surface area (Å²) in [5.41, 5.74) is 8.79. The van der Waals surface area contributed by atoms with Crippen LogP contribution in [0.15, 0.2) is 30.6 Å². The number of carboxylic acids is 1. The molecule has 1 aromatic carbocycles. The highest BCUT2D eigenvalue weighted by Gasteiger charge is 2.48. The lowest BCUT2D eigenvalue weighted by Gasteiger charge is -2.41. The molecule has 2 amide bonds. The maximum Gasteiger partial charge on any atom is 0.303 e. The number of fused-ring (bicyclic) bond motifs is 3. The van der Waals surface area contributed by atoms with Crippen LogP contribution in [0.4, 0.5) is 0 Å². The predicted octanol–water partition coefficient (Wildman–Crippen LogP) is 3.62. The number of aliphatic carboxylic acids is 1. The largest absolute Gasteiger partial charge is 0.481 e. The van der Waals surface area contributed by atoms with Gasteiger partial charge < -0.3 is 20.7 Å². The van der Waals surface area contributed by atoms with Gasteiger partial charge in [0.25, 0.3) is 5.91 Å². The third-order valence-corrected chi connectivity index (χ3v) is 9.28. The predicted molar refractivity (Wildman–Crippen MR) is 145 cm³/mol. The van der Waals surface area contributed by atoms with Crippen LogP contribution in [0.5, 0.6) is 0 Å². The van der Waals surface area contributed by atoms with Gasteiger partial charge in [0.2, 0.25) is 5.91 Å². The number of primary amides is 1. The quantitative estimate of drug-likeness (QED) is 0.533. The molecule has 2 aliphatic heterocycles. The third-order valence-electron chi connectivity index (χ3n) is 9.28. The summed E-state index contributed by atoms with van der Waals surface area (Å²) in [5.74, 6) is -0.423. The first-order chi connectivity index (χ1) is 18.3. The summed E-state index contributed by atoms with van der Waals surface area (Å²) in [6.45, 7) is 2.15. The number of carboxylic acid groups (broad SMARTS) is 1. The molecule has 2 aromatic heterocycles. The fourth-order valence-electron chi connectivity index (χ4n) is 7.28. The SMILES string of the molecule is CN1CC[C@@]2(CCCN(n3c4cc(C5CCC(CC(=O)O)CC5)ccc4c4cncc(C(N)=O)c43)C2)C1=O. The third kappa shape index (κ3) is 3.99. The Morgan fingerprint density at radius 3 is 2.58 bits per heavy atom. The number of pyridine rings is 1. The van der Waals surface area contributed by atoms with Crippen LogP contribution in [0.3, 0.4) is 0 Å². The molecule has 2 saturated heterocycles. The van der Waals surface area contributed by atoms with E-state index in [2.05, 4.69) is 32.9 Å². The Morgan fingerprint density at radius 2 is 1.89 bits per heavy atom. The Bertz CT molecular complexity index is 1440. The average molecular weight is 518 g/mol. The van der Waals surface area contributed by atoms with E-state index in [0.29, 0.717) is 18.0 Å². The van der Waals surface area contributed by atoms with Crippen molar-refractivity contribution in [1.82, 2.24) is 14.6 Å². The molecule has 9 heteroatoms. The fraction of sp³-hybridized carbons (Fsp3) is 0.517. The fourth-order valence-corrected chi connectivity index (χ4v) is 7.28. The van der Waals surface area contributed by atoms with Gasteiger partial charge in [-0.05, 0) is 68.4 Å². The highest BCUT2D eigenvalue weighted by molar-refractivity contribution is 6.15. The van der Waals surface area contributed by atoms with Gasteiger partial charge in [-0.3, -0.25) is 24.0 Å². The van der Waals surface area contributed by atoms with Crippen molar-refractivity contribution in [3.63, 3.8) is 0 Å². The van der Waals surface area contributed by atoms with Gasteiger partial charge in [-0.25, -0.2) is 0 Å². The summed E-state index contributed by atoms with van der Waals surface area (Å²) in [7, 11) is 1.88. The van der Waals surface area contributed by atoms with Crippen LogP contribution >= 0.6 is 0 Å². The zero-order valence-corrected chi connectivity index (χ0v) is 21.9. The monoisotopic (exact) mass is 517 g/mol. The molecule has 4 heterocycles. The Hall–Kier alpha value is -3.62. The van der Waals surface area contributed by atoms with Crippen molar-refractivity contribution >= 4 is 39.6 Å². The van der Waals surface area contributed by atoms with Crippen molar-refractivity contribution in [1.29, 1.82) is 0 Å². The summed E-state index contributed by atoms with van der Waals surface area (Å²) >= 11 is 0. The molecular formula is C29H35N5O4. The number of aromatic nitrogens is 2. The lowest BCUT2D eigenvalue weighted by Crippen LogP contribution is -2.51. The minimum atomic E-state index is -0.718. The normalized spacial score (nSPS) is 26.1. The molecule has 200 valence electrons. The van der Waals surface area contributed by atoms with Gasteiger partial charge in [0.15, 0.2) is 0 Å². The van der Waals surface area contributed by atoms with E-state index >= 15 is 0 Å². The second-order valence-electron chi connectivity index (χ2n) is 11.6. The van der Waals surface area contributed by atoms with E-state index < -0.39 is 17.3 Å². The van der Waals surface area contributed by atoms with Gasteiger partial charge in [0.1, 0.15) is 0 Å². The Balaban J connectivity index is 1.45. The van der Waals surface area contributed by atoms with Crippen LogP contribution in [0, 0.1) is 11.3 Å². The highest BCUT2D eigenvalue weighted by Crippen LogP contribution is 2.42. The molecular weight excluding hydrogens is 482 g/mol. The molecule has 1 spiro atoms. The van der Waals surface area contributed by atoms with Crippen LogP contribution in [0.2, 0.25) is 0 Å². The molecule has 3 aromatic rings. The van der Waals surface area contributed by atoms with E-state index in [-0.39, 0.29) is 18.2 Å². The number of piperidine rings is 1. The number of likely N-dealkylation sites (tertiary alicyclic amines) is 1. The van der Waals surface area contributed by atoms with Crippen molar-refractivity contribution in [3.05, 3.63) is 41.7 Å². The van der Waals surface area contributed by atoms with Crippen LogP contribution in [0.25, 0.3) is 21.8 Å². The standard InChI is InChI=1S/C29H35N5O4/c1-32-12-10-29(28(32)38)9-2-11-33(17-29)34-24-14-20(19-5-3-18(4-6-19)13-25(35)36)7-8-21(24)22-15-31-16-23(26(22)34)27(30)37/h7-8,14-16,18-19H,2-6,9-13,17H2,1H3,(H2,30,37)(H,35,36)/t18?,19?,29-/m1/s1. The van der Waals surface area contributed by atoms with E-state index in [9.17, 15) is 19.5 Å². The molecule has 1 saturated carbocycles. The van der Waals surface area contributed by atoms with Crippen molar-refractivity contribution in [2.24, 2.45) is 17.1 Å². The second kappa shape index (κ2) is 9.29. The van der Waals surface area contributed by atoms with Crippen molar-refractivity contribution in [2.45, 2.75) is 57.3 Å². The number of hydrogen-bond donors (Lipinski definition) is 2. The van der Waals surface area contributed by atoms with E-state index in [4.69, 9.17) is 5.73 Å². The molecule has 1 atom stereocenters. The molecule has 0 unspecified atom stereocenters. The number of carbonyl (C=O) groups is 3. The van der Waals surface area contributed by atoms with E-state index in [1.807, 2.05) is 11.9 Å². The van der Waals surface area contributed by atoms with Crippen LogP contribution in [-0.2, 0) is 9.59 Å². The number of carbonyl (C=O) groups excluding carboxylic acids is 2. The minimum absolute atomic E-state index is 0.207. The van der Waals surface area contributed by atoms with Gasteiger partial charge in [0.05, 0.1) is 22.0 Å². The van der Waals surface area contributed by atoms with Crippen LogP contribution < -0.4 is 10.7 Å². The molecule has 3 fully saturated rings. The number of hydrogen-bond acceptors (Lipinski definition) is 5. The molecule has 38 heavy (non-hydrogen) atoms. The number of benzene rings is 1. The molecule has 1 aliphatic carbocycles. The van der Waals surface area contributed by atoms with E-state index in [1.54, 1.807) is 12.4 Å². The first kappa shape index (κ1) is 24.7.